The summed E-state index contributed by atoms with van der Waals surface area (Å²) < 4.78 is 1.95. The van der Waals surface area contributed by atoms with Gasteiger partial charge in [-0.25, -0.2) is 9.98 Å². The van der Waals surface area contributed by atoms with Crippen LogP contribution in [0.3, 0.4) is 0 Å². The smallest absolute Gasteiger partial charge is 0.189 e. The van der Waals surface area contributed by atoms with Gasteiger partial charge in [0.05, 0.1) is 16.1 Å². The van der Waals surface area contributed by atoms with Crippen molar-refractivity contribution in [3.05, 3.63) is 29.0 Å². The average Bonchev–Trinajstić information content (AvgIpc) is 2.64. The Morgan fingerprint density at radius 2 is 2.26 bits per heavy atom. The molecule has 102 valence electrons. The number of hydrogen-bond donors (Lipinski definition) is 2. The highest BCUT2D eigenvalue weighted by Gasteiger charge is 2.09. The average molecular weight is 280 g/mol. The van der Waals surface area contributed by atoms with Crippen molar-refractivity contribution in [2.75, 3.05) is 0 Å². The van der Waals surface area contributed by atoms with Gasteiger partial charge in [0, 0.05) is 13.1 Å². The standard InChI is InChI=1S/C13H18ClN5/c1-8(2)17-13(15)16-7-11-18-10-6-4-5-9(14)12(10)19(11)3/h4-6,8H,7H2,1-3H3,(H3,15,16,17). The van der Waals surface area contributed by atoms with Crippen LogP contribution in [0.4, 0.5) is 0 Å². The molecule has 0 aliphatic rings. The number of para-hydroxylation sites is 1. The summed E-state index contributed by atoms with van der Waals surface area (Å²) in [6, 6.07) is 5.94. The third kappa shape index (κ3) is 2.98. The molecule has 3 N–H and O–H groups in total. The maximum atomic E-state index is 6.17. The highest BCUT2D eigenvalue weighted by Crippen LogP contribution is 2.23. The number of rotatable bonds is 3. The third-order valence-electron chi connectivity index (χ3n) is 2.76. The summed E-state index contributed by atoms with van der Waals surface area (Å²) in [6.07, 6.45) is 0. The van der Waals surface area contributed by atoms with Crippen LogP contribution < -0.4 is 11.1 Å². The first-order valence-corrected chi connectivity index (χ1v) is 6.53. The molecule has 0 saturated carbocycles. The van der Waals surface area contributed by atoms with E-state index in [-0.39, 0.29) is 6.04 Å². The van der Waals surface area contributed by atoms with Gasteiger partial charge in [0.15, 0.2) is 5.96 Å². The van der Waals surface area contributed by atoms with E-state index in [0.717, 1.165) is 16.9 Å². The van der Waals surface area contributed by atoms with Crippen LogP contribution in [-0.4, -0.2) is 21.6 Å². The maximum absolute atomic E-state index is 6.17. The van der Waals surface area contributed by atoms with Gasteiger partial charge in [-0.05, 0) is 26.0 Å². The summed E-state index contributed by atoms with van der Waals surface area (Å²) in [5.41, 5.74) is 7.56. The molecule has 1 aromatic heterocycles. The van der Waals surface area contributed by atoms with E-state index in [1.807, 2.05) is 43.7 Å². The first kappa shape index (κ1) is 13.7. The fraction of sp³-hybridized carbons (Fsp3) is 0.385. The monoisotopic (exact) mass is 279 g/mol. The normalized spacial score (nSPS) is 12.4. The number of nitrogens with zero attached hydrogens (tertiary/aromatic N) is 3. The minimum Gasteiger partial charge on any atom is -0.370 e. The minimum atomic E-state index is 0.263. The molecule has 19 heavy (non-hydrogen) atoms. The molecule has 2 rings (SSSR count). The van der Waals surface area contributed by atoms with Crippen LogP contribution in [-0.2, 0) is 13.6 Å². The number of fused-ring (bicyclic) bond motifs is 1. The number of nitrogens with two attached hydrogens (primary N) is 1. The van der Waals surface area contributed by atoms with Gasteiger partial charge >= 0.3 is 0 Å². The molecule has 0 atom stereocenters. The predicted molar refractivity (Wildman–Crippen MR) is 79.3 cm³/mol. The Bertz CT molecular complexity index is 615. The molecule has 0 aliphatic heterocycles. The van der Waals surface area contributed by atoms with Crippen molar-refractivity contribution in [3.8, 4) is 0 Å². The zero-order valence-electron chi connectivity index (χ0n) is 11.3. The number of benzene rings is 1. The largest absolute Gasteiger partial charge is 0.370 e. The zero-order chi connectivity index (χ0) is 14.0. The van der Waals surface area contributed by atoms with Crippen LogP contribution in [0.5, 0.6) is 0 Å². The molecule has 1 heterocycles. The Kier molecular flexibility index (Phi) is 3.95. The highest BCUT2D eigenvalue weighted by atomic mass is 35.5. The third-order valence-corrected chi connectivity index (χ3v) is 3.07. The number of aromatic nitrogens is 2. The first-order chi connectivity index (χ1) is 8.99. The predicted octanol–water partition coefficient (Wildman–Crippen LogP) is 2.04. The van der Waals surface area contributed by atoms with Crippen LogP contribution in [0.2, 0.25) is 5.02 Å². The minimum absolute atomic E-state index is 0.263. The topological polar surface area (TPSA) is 68.2 Å². The molecular weight excluding hydrogens is 262 g/mol. The number of imidazole rings is 1. The molecule has 0 amide bonds. The van der Waals surface area contributed by atoms with E-state index < -0.39 is 0 Å². The Morgan fingerprint density at radius 1 is 1.53 bits per heavy atom. The quantitative estimate of drug-likeness (QED) is 0.667. The molecule has 5 nitrogen and oxygen atoms in total. The Balaban J connectivity index is 2.27. The molecular formula is C13H18ClN5. The lowest BCUT2D eigenvalue weighted by Crippen LogP contribution is -2.36. The SMILES string of the molecule is CC(C)NC(N)=NCc1nc2cccc(Cl)c2n1C. The second-order valence-electron chi connectivity index (χ2n) is 4.70. The number of hydrogen-bond acceptors (Lipinski definition) is 2. The van der Waals surface area contributed by atoms with Crippen molar-refractivity contribution in [2.24, 2.45) is 17.8 Å². The first-order valence-electron chi connectivity index (χ1n) is 6.15. The fourth-order valence-corrected chi connectivity index (χ4v) is 2.20. The molecule has 1 aromatic carbocycles. The summed E-state index contributed by atoms with van der Waals surface area (Å²) in [5, 5.41) is 3.73. The second-order valence-corrected chi connectivity index (χ2v) is 5.10. The number of guanidine groups is 1. The van der Waals surface area contributed by atoms with Gasteiger partial charge in [-0.2, -0.15) is 0 Å². The van der Waals surface area contributed by atoms with Crippen molar-refractivity contribution in [2.45, 2.75) is 26.4 Å². The van der Waals surface area contributed by atoms with Crippen LogP contribution in [0.15, 0.2) is 23.2 Å². The van der Waals surface area contributed by atoms with Crippen LogP contribution >= 0.6 is 11.6 Å². The van der Waals surface area contributed by atoms with E-state index >= 15 is 0 Å². The fourth-order valence-electron chi connectivity index (χ4n) is 1.91. The molecule has 0 saturated heterocycles. The van der Waals surface area contributed by atoms with Crippen LogP contribution in [0, 0.1) is 0 Å². The van der Waals surface area contributed by atoms with E-state index in [4.69, 9.17) is 17.3 Å². The van der Waals surface area contributed by atoms with E-state index in [9.17, 15) is 0 Å². The summed E-state index contributed by atoms with van der Waals surface area (Å²) in [7, 11) is 1.93. The van der Waals surface area contributed by atoms with Crippen molar-refractivity contribution < 1.29 is 0 Å². The van der Waals surface area contributed by atoms with E-state index in [1.165, 1.54) is 0 Å². The molecule has 6 heteroatoms. The van der Waals surface area contributed by atoms with E-state index in [2.05, 4.69) is 15.3 Å². The van der Waals surface area contributed by atoms with Gasteiger partial charge in [0.1, 0.15) is 12.4 Å². The van der Waals surface area contributed by atoms with Crippen LogP contribution in [0.1, 0.15) is 19.7 Å². The molecule has 0 fully saturated rings. The Labute approximate surface area is 117 Å². The Morgan fingerprint density at radius 3 is 2.89 bits per heavy atom. The van der Waals surface area contributed by atoms with Crippen molar-refractivity contribution in [1.29, 1.82) is 0 Å². The summed E-state index contributed by atoms with van der Waals surface area (Å²) in [5.74, 6) is 1.25. The van der Waals surface area contributed by atoms with Crippen molar-refractivity contribution in [1.82, 2.24) is 14.9 Å². The van der Waals surface area contributed by atoms with Gasteiger partial charge in [-0.1, -0.05) is 17.7 Å². The van der Waals surface area contributed by atoms with Crippen molar-refractivity contribution >= 4 is 28.6 Å². The summed E-state index contributed by atoms with van der Waals surface area (Å²) in [6.45, 7) is 4.45. The summed E-state index contributed by atoms with van der Waals surface area (Å²) >= 11 is 6.17. The number of aliphatic imine (C=N–C) groups is 1. The molecule has 0 spiro atoms. The van der Waals surface area contributed by atoms with E-state index in [0.29, 0.717) is 17.5 Å². The van der Waals surface area contributed by atoms with Crippen molar-refractivity contribution in [3.63, 3.8) is 0 Å². The van der Waals surface area contributed by atoms with Gasteiger partial charge < -0.3 is 15.6 Å². The lowest BCUT2D eigenvalue weighted by atomic mass is 10.3. The number of aryl methyl sites for hydroxylation is 1. The lowest BCUT2D eigenvalue weighted by Gasteiger charge is -2.08. The number of nitrogens with one attached hydrogen (secondary N) is 1. The lowest BCUT2D eigenvalue weighted by molar-refractivity contribution is 0.719. The summed E-state index contributed by atoms with van der Waals surface area (Å²) in [4.78, 5) is 8.79. The van der Waals surface area contributed by atoms with E-state index in [1.54, 1.807) is 0 Å². The highest BCUT2D eigenvalue weighted by molar-refractivity contribution is 6.35. The number of halogens is 1. The van der Waals surface area contributed by atoms with Gasteiger partial charge in [-0.15, -0.1) is 0 Å². The maximum Gasteiger partial charge on any atom is 0.189 e. The molecule has 0 aliphatic carbocycles. The van der Waals surface area contributed by atoms with Gasteiger partial charge in [-0.3, -0.25) is 0 Å². The van der Waals surface area contributed by atoms with Gasteiger partial charge in [0.2, 0.25) is 0 Å². The second kappa shape index (κ2) is 5.48. The Hall–Kier alpha value is -1.75. The molecule has 0 unspecified atom stereocenters. The molecule has 2 aromatic rings. The zero-order valence-corrected chi connectivity index (χ0v) is 12.1. The molecule has 0 radical (unpaired) electrons. The molecule has 0 bridgehead atoms. The van der Waals surface area contributed by atoms with Crippen LogP contribution in [0.25, 0.3) is 11.0 Å². The van der Waals surface area contributed by atoms with Gasteiger partial charge in [0.25, 0.3) is 0 Å².